The smallest absolute Gasteiger partial charge is 0.413 e. The van der Waals surface area contributed by atoms with Crippen LogP contribution in [-0.4, -0.2) is 66.9 Å². The lowest BCUT2D eigenvalue weighted by Gasteiger charge is -2.31. The number of rotatable bonds is 7. The quantitative estimate of drug-likeness (QED) is 0.692. The molecule has 0 aliphatic carbocycles. The molecule has 0 aromatic rings. The summed E-state index contributed by atoms with van der Waals surface area (Å²) in [4.78, 5) is 35.0. The molecule has 0 saturated carbocycles. The number of amides is 2. The van der Waals surface area contributed by atoms with Gasteiger partial charge in [-0.3, -0.25) is 19.8 Å². The molecule has 0 atom stereocenters. The van der Waals surface area contributed by atoms with Gasteiger partial charge in [0.25, 0.3) is 0 Å². The zero-order chi connectivity index (χ0) is 15.7. The first-order chi connectivity index (χ1) is 10.0. The Bertz CT molecular complexity index is 366. The zero-order valence-corrected chi connectivity index (χ0v) is 12.2. The van der Waals surface area contributed by atoms with Crippen molar-refractivity contribution in [1.82, 2.24) is 10.2 Å². The molecule has 120 valence electrons. The minimum absolute atomic E-state index is 0.00214. The first-order valence-corrected chi connectivity index (χ1v) is 7.03. The standard InChI is InChI=1S/C13H22N2O6/c1-2-20-13(19)14-11(16)9-15-6-3-10(4-7-15)21-8-5-12(17)18/h10H,2-9H2,1H3,(H,17,18)(H,14,16,19). The van der Waals surface area contributed by atoms with E-state index in [-0.39, 0.29) is 32.3 Å². The largest absolute Gasteiger partial charge is 0.481 e. The molecule has 2 amide bonds. The molecular formula is C13H22N2O6. The summed E-state index contributed by atoms with van der Waals surface area (Å²) in [6.07, 6.45) is 0.795. The van der Waals surface area contributed by atoms with E-state index in [1.54, 1.807) is 6.92 Å². The van der Waals surface area contributed by atoms with Crippen LogP contribution in [0.25, 0.3) is 0 Å². The summed E-state index contributed by atoms with van der Waals surface area (Å²) in [5.41, 5.74) is 0. The molecule has 1 fully saturated rings. The molecule has 1 rings (SSSR count). The lowest BCUT2D eigenvalue weighted by Crippen LogP contribution is -2.44. The number of nitrogens with zero attached hydrogens (tertiary/aromatic N) is 1. The average molecular weight is 302 g/mol. The number of alkyl carbamates (subject to hydrolysis) is 1. The van der Waals surface area contributed by atoms with Gasteiger partial charge in [0.15, 0.2) is 0 Å². The summed E-state index contributed by atoms with van der Waals surface area (Å²) in [6, 6.07) is 0. The summed E-state index contributed by atoms with van der Waals surface area (Å²) >= 11 is 0. The zero-order valence-electron chi connectivity index (χ0n) is 12.2. The third kappa shape index (κ3) is 7.62. The lowest BCUT2D eigenvalue weighted by molar-refractivity contribution is -0.139. The van der Waals surface area contributed by atoms with Crippen molar-refractivity contribution in [2.24, 2.45) is 0 Å². The number of piperidine rings is 1. The monoisotopic (exact) mass is 302 g/mol. The van der Waals surface area contributed by atoms with E-state index in [2.05, 4.69) is 10.1 Å². The van der Waals surface area contributed by atoms with Gasteiger partial charge in [-0.25, -0.2) is 4.79 Å². The number of imide groups is 1. The number of nitrogens with one attached hydrogen (secondary N) is 1. The molecule has 8 heteroatoms. The van der Waals surface area contributed by atoms with Gasteiger partial charge < -0.3 is 14.6 Å². The summed E-state index contributed by atoms with van der Waals surface area (Å²) in [6.45, 7) is 3.59. The van der Waals surface area contributed by atoms with Crippen molar-refractivity contribution < 1.29 is 29.0 Å². The highest BCUT2D eigenvalue weighted by molar-refractivity contribution is 5.92. The predicted molar refractivity (Wildman–Crippen MR) is 72.8 cm³/mol. The van der Waals surface area contributed by atoms with Crippen LogP contribution in [0.2, 0.25) is 0 Å². The van der Waals surface area contributed by atoms with E-state index in [4.69, 9.17) is 9.84 Å². The van der Waals surface area contributed by atoms with Gasteiger partial charge in [0.05, 0.1) is 32.3 Å². The molecule has 0 radical (unpaired) electrons. The number of hydrogen-bond donors (Lipinski definition) is 2. The average Bonchev–Trinajstić information content (AvgIpc) is 2.40. The fourth-order valence-electron chi connectivity index (χ4n) is 2.07. The van der Waals surface area contributed by atoms with Crippen molar-refractivity contribution in [3.05, 3.63) is 0 Å². The third-order valence-electron chi connectivity index (χ3n) is 3.09. The normalized spacial score (nSPS) is 16.4. The lowest BCUT2D eigenvalue weighted by atomic mass is 10.1. The minimum atomic E-state index is -0.872. The molecule has 0 unspecified atom stereocenters. The van der Waals surface area contributed by atoms with Gasteiger partial charge in [-0.1, -0.05) is 0 Å². The number of carbonyl (C=O) groups is 3. The minimum Gasteiger partial charge on any atom is -0.481 e. The highest BCUT2D eigenvalue weighted by Crippen LogP contribution is 2.13. The number of hydrogen-bond acceptors (Lipinski definition) is 6. The molecule has 1 aliphatic heterocycles. The van der Waals surface area contributed by atoms with Gasteiger partial charge in [-0.2, -0.15) is 0 Å². The van der Waals surface area contributed by atoms with Gasteiger partial charge in [-0.05, 0) is 19.8 Å². The van der Waals surface area contributed by atoms with Gasteiger partial charge in [0, 0.05) is 13.1 Å². The van der Waals surface area contributed by atoms with Crippen molar-refractivity contribution in [3.63, 3.8) is 0 Å². The highest BCUT2D eigenvalue weighted by atomic mass is 16.5. The summed E-state index contributed by atoms with van der Waals surface area (Å²) < 4.78 is 10.1. The van der Waals surface area contributed by atoms with E-state index < -0.39 is 18.0 Å². The van der Waals surface area contributed by atoms with E-state index >= 15 is 0 Å². The van der Waals surface area contributed by atoms with Crippen molar-refractivity contribution in [2.45, 2.75) is 32.3 Å². The Morgan fingerprint density at radius 3 is 2.52 bits per heavy atom. The Hall–Kier alpha value is -1.67. The van der Waals surface area contributed by atoms with Gasteiger partial charge in [0.2, 0.25) is 5.91 Å². The SMILES string of the molecule is CCOC(=O)NC(=O)CN1CCC(OCCC(=O)O)CC1. The number of aliphatic carboxylic acids is 1. The Morgan fingerprint density at radius 1 is 1.29 bits per heavy atom. The van der Waals surface area contributed by atoms with Crippen LogP contribution >= 0.6 is 0 Å². The van der Waals surface area contributed by atoms with Gasteiger partial charge in [0.1, 0.15) is 0 Å². The highest BCUT2D eigenvalue weighted by Gasteiger charge is 2.22. The van der Waals surface area contributed by atoms with E-state index in [9.17, 15) is 14.4 Å². The molecule has 0 aromatic heterocycles. The topological polar surface area (TPSA) is 105 Å². The Labute approximate surface area is 123 Å². The number of carboxylic acid groups (broad SMARTS) is 1. The predicted octanol–water partition coefficient (Wildman–Crippen LogP) is 0.215. The maximum Gasteiger partial charge on any atom is 0.413 e. The molecule has 1 saturated heterocycles. The van der Waals surface area contributed by atoms with E-state index in [0.717, 1.165) is 12.8 Å². The summed E-state index contributed by atoms with van der Waals surface area (Å²) in [5, 5.41) is 10.7. The fourth-order valence-corrected chi connectivity index (χ4v) is 2.07. The number of ether oxygens (including phenoxy) is 2. The molecule has 2 N–H and O–H groups in total. The van der Waals surface area contributed by atoms with Crippen LogP contribution < -0.4 is 5.32 Å². The molecule has 1 aliphatic rings. The van der Waals surface area contributed by atoms with E-state index in [1.807, 2.05) is 4.90 Å². The summed E-state index contributed by atoms with van der Waals surface area (Å²) in [5.74, 6) is -1.26. The molecular weight excluding hydrogens is 280 g/mol. The van der Waals surface area contributed by atoms with Crippen molar-refractivity contribution >= 4 is 18.0 Å². The third-order valence-corrected chi connectivity index (χ3v) is 3.09. The Balaban J connectivity index is 2.16. The van der Waals surface area contributed by atoms with Crippen LogP contribution in [0.15, 0.2) is 0 Å². The second kappa shape index (κ2) is 9.30. The number of likely N-dealkylation sites (tertiary alicyclic amines) is 1. The maximum atomic E-state index is 11.6. The molecule has 0 bridgehead atoms. The first kappa shape index (κ1) is 17.4. The van der Waals surface area contributed by atoms with E-state index in [0.29, 0.717) is 13.1 Å². The molecule has 21 heavy (non-hydrogen) atoms. The first-order valence-electron chi connectivity index (χ1n) is 7.03. The fraction of sp³-hybridized carbons (Fsp3) is 0.769. The van der Waals surface area contributed by atoms with Crippen LogP contribution in [0.1, 0.15) is 26.2 Å². The molecule has 0 aromatic carbocycles. The van der Waals surface area contributed by atoms with Crippen molar-refractivity contribution in [2.75, 3.05) is 32.8 Å². The van der Waals surface area contributed by atoms with Crippen LogP contribution in [0.3, 0.4) is 0 Å². The van der Waals surface area contributed by atoms with Crippen molar-refractivity contribution in [1.29, 1.82) is 0 Å². The second-order valence-electron chi connectivity index (χ2n) is 4.76. The molecule has 1 heterocycles. The van der Waals surface area contributed by atoms with Crippen LogP contribution in [-0.2, 0) is 19.1 Å². The van der Waals surface area contributed by atoms with Gasteiger partial charge in [-0.15, -0.1) is 0 Å². The van der Waals surface area contributed by atoms with Crippen LogP contribution in [0.5, 0.6) is 0 Å². The van der Waals surface area contributed by atoms with Gasteiger partial charge >= 0.3 is 12.1 Å². The summed E-state index contributed by atoms with van der Waals surface area (Å²) in [7, 11) is 0. The molecule has 8 nitrogen and oxygen atoms in total. The number of carbonyl (C=O) groups excluding carboxylic acids is 2. The van der Waals surface area contributed by atoms with Crippen LogP contribution in [0.4, 0.5) is 4.79 Å². The number of carboxylic acids is 1. The van der Waals surface area contributed by atoms with Crippen molar-refractivity contribution in [3.8, 4) is 0 Å². The second-order valence-corrected chi connectivity index (χ2v) is 4.76. The Kier molecular flexibility index (Phi) is 7.70. The molecule has 0 spiro atoms. The maximum absolute atomic E-state index is 11.6. The van der Waals surface area contributed by atoms with E-state index in [1.165, 1.54) is 0 Å². The van der Waals surface area contributed by atoms with Crippen LogP contribution in [0, 0.1) is 0 Å². The Morgan fingerprint density at radius 2 is 1.95 bits per heavy atom.